The number of hydrogen-bond donors (Lipinski definition) is 0. The molecule has 3 fully saturated rings. The molecule has 0 bridgehead atoms. The number of piperidine rings is 1. The van der Waals surface area contributed by atoms with E-state index in [1.54, 1.807) is 0 Å². The van der Waals surface area contributed by atoms with Crippen LogP contribution in [-0.4, -0.2) is 54.0 Å². The van der Waals surface area contributed by atoms with Crippen LogP contribution in [0.15, 0.2) is 24.3 Å². The Labute approximate surface area is 151 Å². The van der Waals surface area contributed by atoms with E-state index in [1.165, 1.54) is 45.2 Å². The molecule has 2 saturated heterocycles. The zero-order valence-electron chi connectivity index (χ0n) is 15.2. The van der Waals surface area contributed by atoms with Crippen molar-refractivity contribution in [3.63, 3.8) is 0 Å². The van der Waals surface area contributed by atoms with Crippen molar-refractivity contribution in [3.05, 3.63) is 29.8 Å². The van der Waals surface area contributed by atoms with Crippen LogP contribution in [0.25, 0.3) is 0 Å². The average molecular weight is 342 g/mol. The van der Waals surface area contributed by atoms with E-state index in [0.717, 1.165) is 43.7 Å². The summed E-state index contributed by atoms with van der Waals surface area (Å²) in [4.78, 5) is 17.5. The second-order valence-corrected chi connectivity index (χ2v) is 7.84. The number of ether oxygens (including phenoxy) is 1. The van der Waals surface area contributed by atoms with Gasteiger partial charge in [0.05, 0.1) is 6.10 Å². The molecule has 4 nitrogen and oxygen atoms in total. The maximum absolute atomic E-state index is 12.9. The monoisotopic (exact) mass is 342 g/mol. The van der Waals surface area contributed by atoms with Crippen molar-refractivity contribution < 1.29 is 9.53 Å². The van der Waals surface area contributed by atoms with Gasteiger partial charge in [0.2, 0.25) is 0 Å². The Bertz CT molecular complexity index is 574. The Kier molecular flexibility index (Phi) is 5.25. The summed E-state index contributed by atoms with van der Waals surface area (Å²) in [5, 5.41) is 0. The first-order chi connectivity index (χ1) is 12.3. The van der Waals surface area contributed by atoms with Crippen molar-refractivity contribution in [3.8, 4) is 5.75 Å². The Morgan fingerprint density at radius 3 is 2.32 bits per heavy atom. The van der Waals surface area contributed by atoms with Crippen LogP contribution in [0.5, 0.6) is 5.75 Å². The van der Waals surface area contributed by atoms with E-state index < -0.39 is 0 Å². The first kappa shape index (κ1) is 16.9. The highest BCUT2D eigenvalue weighted by atomic mass is 16.5. The fourth-order valence-electron chi connectivity index (χ4n) is 4.60. The van der Waals surface area contributed by atoms with E-state index in [4.69, 9.17) is 4.74 Å². The highest BCUT2D eigenvalue weighted by molar-refractivity contribution is 5.94. The normalized spacial score (nSPS) is 25.4. The second kappa shape index (κ2) is 7.77. The fourth-order valence-corrected chi connectivity index (χ4v) is 4.60. The Balaban J connectivity index is 1.36. The topological polar surface area (TPSA) is 32.8 Å². The molecule has 0 radical (unpaired) electrons. The molecule has 0 aromatic heterocycles. The summed E-state index contributed by atoms with van der Waals surface area (Å²) in [6.07, 6.45) is 10.2. The van der Waals surface area contributed by atoms with Crippen molar-refractivity contribution in [2.24, 2.45) is 0 Å². The molecule has 136 valence electrons. The zero-order chi connectivity index (χ0) is 17.1. The molecule has 2 heterocycles. The number of amides is 1. The third-order valence-corrected chi connectivity index (χ3v) is 6.05. The SMILES string of the molecule is O=C(c1ccc(OC2CCCC2)cc1)N1CCC[C@H](N2CCCC2)C1. The Morgan fingerprint density at radius 1 is 0.880 bits per heavy atom. The van der Waals surface area contributed by atoms with Crippen molar-refractivity contribution in [1.82, 2.24) is 9.80 Å². The third kappa shape index (κ3) is 4.00. The van der Waals surface area contributed by atoms with Gasteiger partial charge in [-0.2, -0.15) is 0 Å². The quantitative estimate of drug-likeness (QED) is 0.836. The number of rotatable bonds is 4. The molecular weight excluding hydrogens is 312 g/mol. The van der Waals surface area contributed by atoms with Crippen molar-refractivity contribution >= 4 is 5.91 Å². The molecule has 1 amide bonds. The van der Waals surface area contributed by atoms with Crippen molar-refractivity contribution in [2.75, 3.05) is 26.2 Å². The number of benzene rings is 1. The average Bonchev–Trinajstić information content (AvgIpc) is 3.36. The Morgan fingerprint density at radius 2 is 1.60 bits per heavy atom. The molecule has 0 unspecified atom stereocenters. The minimum Gasteiger partial charge on any atom is -0.490 e. The lowest BCUT2D eigenvalue weighted by Crippen LogP contribution is -2.48. The molecule has 1 aliphatic carbocycles. The lowest BCUT2D eigenvalue weighted by atomic mass is 10.0. The molecular formula is C21H30N2O2. The van der Waals surface area contributed by atoms with Crippen LogP contribution >= 0.6 is 0 Å². The van der Waals surface area contributed by atoms with Gasteiger partial charge in [-0.25, -0.2) is 0 Å². The summed E-state index contributed by atoms with van der Waals surface area (Å²) >= 11 is 0. The van der Waals surface area contributed by atoms with Gasteiger partial charge in [-0.05, 0) is 88.7 Å². The number of hydrogen-bond acceptors (Lipinski definition) is 3. The van der Waals surface area contributed by atoms with Gasteiger partial charge in [0.15, 0.2) is 0 Å². The fraction of sp³-hybridized carbons (Fsp3) is 0.667. The minimum atomic E-state index is 0.177. The first-order valence-electron chi connectivity index (χ1n) is 10.1. The molecule has 2 aliphatic heterocycles. The lowest BCUT2D eigenvalue weighted by molar-refractivity contribution is 0.0608. The summed E-state index contributed by atoms with van der Waals surface area (Å²) in [5.74, 6) is 1.08. The second-order valence-electron chi connectivity index (χ2n) is 7.84. The van der Waals surface area contributed by atoms with Crippen LogP contribution in [-0.2, 0) is 0 Å². The van der Waals surface area contributed by atoms with E-state index >= 15 is 0 Å². The summed E-state index contributed by atoms with van der Waals surface area (Å²) < 4.78 is 6.01. The molecule has 1 atom stereocenters. The maximum atomic E-state index is 12.9. The molecule has 3 aliphatic rings. The molecule has 1 aromatic carbocycles. The molecule has 0 N–H and O–H groups in total. The summed E-state index contributed by atoms with van der Waals surface area (Å²) in [5.41, 5.74) is 0.792. The Hall–Kier alpha value is -1.55. The van der Waals surface area contributed by atoms with Gasteiger partial charge in [0.1, 0.15) is 5.75 Å². The van der Waals surface area contributed by atoms with Gasteiger partial charge < -0.3 is 9.64 Å². The van der Waals surface area contributed by atoms with Gasteiger partial charge in [-0.3, -0.25) is 9.69 Å². The molecule has 4 heteroatoms. The highest BCUT2D eigenvalue weighted by Gasteiger charge is 2.29. The first-order valence-corrected chi connectivity index (χ1v) is 10.1. The molecule has 0 spiro atoms. The van der Waals surface area contributed by atoms with Gasteiger partial charge in [0.25, 0.3) is 5.91 Å². The summed E-state index contributed by atoms with van der Waals surface area (Å²) in [7, 11) is 0. The predicted octanol–water partition coefficient (Wildman–Crippen LogP) is 3.71. The van der Waals surface area contributed by atoms with E-state index in [2.05, 4.69) is 9.80 Å². The standard InChI is InChI=1S/C21H30N2O2/c24-21(23-15-5-6-18(16-23)22-13-3-4-14-22)17-9-11-20(12-10-17)25-19-7-1-2-8-19/h9-12,18-19H,1-8,13-16H2/t18-/m0/s1. The predicted molar refractivity (Wildman–Crippen MR) is 99.1 cm³/mol. The smallest absolute Gasteiger partial charge is 0.253 e. The number of nitrogens with zero attached hydrogens (tertiary/aromatic N) is 2. The van der Waals surface area contributed by atoms with Gasteiger partial charge in [-0.1, -0.05) is 0 Å². The van der Waals surface area contributed by atoms with Crippen molar-refractivity contribution in [1.29, 1.82) is 0 Å². The molecule has 4 rings (SSSR count). The van der Waals surface area contributed by atoms with E-state index in [-0.39, 0.29) is 5.91 Å². The molecule has 1 saturated carbocycles. The van der Waals surface area contributed by atoms with Crippen LogP contribution in [0.1, 0.15) is 61.7 Å². The lowest BCUT2D eigenvalue weighted by Gasteiger charge is -2.37. The van der Waals surface area contributed by atoms with E-state index in [1.807, 2.05) is 24.3 Å². The van der Waals surface area contributed by atoms with Crippen LogP contribution in [0.2, 0.25) is 0 Å². The van der Waals surface area contributed by atoms with Gasteiger partial charge in [0, 0.05) is 24.7 Å². The molecule has 25 heavy (non-hydrogen) atoms. The minimum absolute atomic E-state index is 0.177. The van der Waals surface area contributed by atoms with E-state index in [9.17, 15) is 4.79 Å². The maximum Gasteiger partial charge on any atom is 0.253 e. The number of likely N-dealkylation sites (tertiary alicyclic amines) is 2. The zero-order valence-corrected chi connectivity index (χ0v) is 15.2. The highest BCUT2D eigenvalue weighted by Crippen LogP contribution is 2.25. The molecule has 1 aromatic rings. The summed E-state index contributed by atoms with van der Waals surface area (Å²) in [6.45, 7) is 4.20. The van der Waals surface area contributed by atoms with E-state index in [0.29, 0.717) is 12.1 Å². The van der Waals surface area contributed by atoms with Crippen LogP contribution in [0.3, 0.4) is 0 Å². The van der Waals surface area contributed by atoms with Crippen LogP contribution in [0, 0.1) is 0 Å². The number of carbonyl (C=O) groups excluding carboxylic acids is 1. The van der Waals surface area contributed by atoms with Crippen LogP contribution < -0.4 is 4.74 Å². The number of carbonyl (C=O) groups is 1. The van der Waals surface area contributed by atoms with Gasteiger partial charge in [-0.15, -0.1) is 0 Å². The van der Waals surface area contributed by atoms with Crippen LogP contribution in [0.4, 0.5) is 0 Å². The largest absolute Gasteiger partial charge is 0.490 e. The summed E-state index contributed by atoms with van der Waals surface area (Å²) in [6, 6.07) is 8.36. The third-order valence-electron chi connectivity index (χ3n) is 6.05. The van der Waals surface area contributed by atoms with Gasteiger partial charge >= 0.3 is 0 Å². The van der Waals surface area contributed by atoms with Crippen molar-refractivity contribution in [2.45, 2.75) is 63.5 Å².